The van der Waals surface area contributed by atoms with Gasteiger partial charge in [0.2, 0.25) is 5.91 Å². The van der Waals surface area contributed by atoms with Gasteiger partial charge in [0, 0.05) is 6.08 Å². The van der Waals surface area contributed by atoms with Crippen LogP contribution in [0.2, 0.25) is 0 Å². The number of amides is 1. The SMILES string of the molecule is COC(=O)C(O)CNC(=O)C=C(C)C. The molecule has 80 valence electrons. The summed E-state index contributed by atoms with van der Waals surface area (Å²) in [6.45, 7) is 3.40. The predicted molar refractivity (Wildman–Crippen MR) is 50.5 cm³/mol. The van der Waals surface area contributed by atoms with E-state index >= 15 is 0 Å². The zero-order valence-corrected chi connectivity index (χ0v) is 8.53. The van der Waals surface area contributed by atoms with Crippen molar-refractivity contribution in [2.45, 2.75) is 20.0 Å². The van der Waals surface area contributed by atoms with Crippen molar-refractivity contribution in [2.24, 2.45) is 0 Å². The second-order valence-corrected chi connectivity index (χ2v) is 3.01. The van der Waals surface area contributed by atoms with Crippen molar-refractivity contribution >= 4 is 11.9 Å². The van der Waals surface area contributed by atoms with E-state index in [9.17, 15) is 9.59 Å². The van der Waals surface area contributed by atoms with Crippen LogP contribution in [0.15, 0.2) is 11.6 Å². The van der Waals surface area contributed by atoms with Crippen LogP contribution < -0.4 is 5.32 Å². The molecule has 0 saturated carbocycles. The first-order valence-electron chi connectivity index (χ1n) is 4.16. The standard InChI is InChI=1S/C9H15NO4/c1-6(2)4-8(12)10-5-7(11)9(13)14-3/h4,7,11H,5H2,1-3H3,(H,10,12). The summed E-state index contributed by atoms with van der Waals surface area (Å²) in [6.07, 6.45) is 0.0683. The molecular formula is C9H15NO4. The number of allylic oxidation sites excluding steroid dienone is 1. The minimum atomic E-state index is -1.31. The zero-order chi connectivity index (χ0) is 11.1. The fraction of sp³-hybridized carbons (Fsp3) is 0.556. The van der Waals surface area contributed by atoms with Gasteiger partial charge in [-0.05, 0) is 13.8 Å². The first kappa shape index (κ1) is 12.6. The van der Waals surface area contributed by atoms with E-state index in [4.69, 9.17) is 5.11 Å². The highest BCUT2D eigenvalue weighted by molar-refractivity contribution is 5.88. The Balaban J connectivity index is 3.89. The molecule has 2 N–H and O–H groups in total. The van der Waals surface area contributed by atoms with Gasteiger partial charge >= 0.3 is 5.97 Å². The van der Waals surface area contributed by atoms with E-state index in [0.717, 1.165) is 5.57 Å². The summed E-state index contributed by atoms with van der Waals surface area (Å²) in [7, 11) is 1.17. The van der Waals surface area contributed by atoms with Gasteiger partial charge in [0.15, 0.2) is 6.10 Å². The fourth-order valence-electron chi connectivity index (χ4n) is 0.730. The van der Waals surface area contributed by atoms with E-state index in [0.29, 0.717) is 0 Å². The minimum Gasteiger partial charge on any atom is -0.467 e. The van der Waals surface area contributed by atoms with Crippen molar-refractivity contribution in [2.75, 3.05) is 13.7 Å². The molecule has 0 aliphatic carbocycles. The summed E-state index contributed by atoms with van der Waals surface area (Å²) in [5.74, 6) is -1.10. The average Bonchev–Trinajstić information content (AvgIpc) is 2.11. The molecular weight excluding hydrogens is 186 g/mol. The number of hydrogen-bond donors (Lipinski definition) is 2. The van der Waals surface area contributed by atoms with Crippen LogP contribution in [0.4, 0.5) is 0 Å². The van der Waals surface area contributed by atoms with Gasteiger partial charge in [-0.2, -0.15) is 0 Å². The fourth-order valence-corrected chi connectivity index (χ4v) is 0.730. The summed E-state index contributed by atoms with van der Waals surface area (Å²) in [5.41, 5.74) is 0.843. The highest BCUT2D eigenvalue weighted by Gasteiger charge is 2.15. The smallest absolute Gasteiger partial charge is 0.336 e. The summed E-state index contributed by atoms with van der Waals surface area (Å²) in [6, 6.07) is 0. The molecule has 0 saturated heterocycles. The summed E-state index contributed by atoms with van der Waals surface area (Å²) >= 11 is 0. The van der Waals surface area contributed by atoms with Crippen molar-refractivity contribution in [1.82, 2.24) is 5.32 Å². The molecule has 0 aromatic carbocycles. The maximum Gasteiger partial charge on any atom is 0.336 e. The molecule has 0 aliphatic heterocycles. The first-order valence-corrected chi connectivity index (χ1v) is 4.16. The van der Waals surface area contributed by atoms with Gasteiger partial charge in [-0.3, -0.25) is 4.79 Å². The minimum absolute atomic E-state index is 0.144. The van der Waals surface area contributed by atoms with Gasteiger partial charge < -0.3 is 15.2 Å². The van der Waals surface area contributed by atoms with Crippen LogP contribution in [-0.2, 0) is 14.3 Å². The lowest BCUT2D eigenvalue weighted by Gasteiger charge is -2.08. The number of rotatable bonds is 4. The molecule has 0 radical (unpaired) electrons. The van der Waals surface area contributed by atoms with Crippen LogP contribution in [0, 0.1) is 0 Å². The van der Waals surface area contributed by atoms with Crippen LogP contribution in [0.3, 0.4) is 0 Å². The molecule has 0 heterocycles. The monoisotopic (exact) mass is 201 g/mol. The third-order valence-corrected chi connectivity index (χ3v) is 1.36. The Kier molecular flexibility index (Phi) is 5.55. The van der Waals surface area contributed by atoms with E-state index in [1.807, 2.05) is 0 Å². The molecule has 5 heteroatoms. The maximum absolute atomic E-state index is 11.0. The maximum atomic E-state index is 11.0. The molecule has 5 nitrogen and oxygen atoms in total. The molecule has 14 heavy (non-hydrogen) atoms. The van der Waals surface area contributed by atoms with Gasteiger partial charge in [0.1, 0.15) is 0 Å². The Labute approximate surface area is 82.7 Å². The second-order valence-electron chi connectivity index (χ2n) is 3.01. The number of nitrogens with one attached hydrogen (secondary N) is 1. The Morgan fingerprint density at radius 2 is 2.07 bits per heavy atom. The molecule has 0 spiro atoms. The number of esters is 1. The molecule has 0 aromatic heterocycles. The van der Waals surface area contributed by atoms with E-state index in [-0.39, 0.29) is 12.5 Å². The van der Waals surface area contributed by atoms with Crippen LogP contribution in [0.5, 0.6) is 0 Å². The molecule has 0 bridgehead atoms. The third kappa shape index (κ3) is 5.31. The van der Waals surface area contributed by atoms with E-state index < -0.39 is 12.1 Å². The second kappa shape index (κ2) is 6.15. The Bertz CT molecular complexity index is 243. The molecule has 1 atom stereocenters. The van der Waals surface area contributed by atoms with Crippen LogP contribution in [0.25, 0.3) is 0 Å². The number of carbonyl (C=O) groups is 2. The lowest BCUT2D eigenvalue weighted by atomic mass is 10.3. The van der Waals surface area contributed by atoms with Crippen molar-refractivity contribution in [3.8, 4) is 0 Å². The molecule has 1 unspecified atom stereocenters. The van der Waals surface area contributed by atoms with E-state index in [2.05, 4.69) is 10.1 Å². The Morgan fingerprint density at radius 3 is 2.50 bits per heavy atom. The van der Waals surface area contributed by atoms with Crippen LogP contribution in [0.1, 0.15) is 13.8 Å². The number of aliphatic hydroxyl groups is 1. The Morgan fingerprint density at radius 1 is 1.50 bits per heavy atom. The van der Waals surface area contributed by atoms with E-state index in [1.165, 1.54) is 13.2 Å². The van der Waals surface area contributed by atoms with Gasteiger partial charge in [-0.1, -0.05) is 5.57 Å². The molecule has 0 fully saturated rings. The number of hydrogen-bond acceptors (Lipinski definition) is 4. The molecule has 1 amide bonds. The number of aliphatic hydroxyl groups excluding tert-OH is 1. The van der Waals surface area contributed by atoms with Gasteiger partial charge in [-0.15, -0.1) is 0 Å². The number of methoxy groups -OCH3 is 1. The number of ether oxygens (including phenoxy) is 1. The van der Waals surface area contributed by atoms with Crippen molar-refractivity contribution in [3.05, 3.63) is 11.6 Å². The quantitative estimate of drug-likeness (QED) is 0.479. The average molecular weight is 201 g/mol. The Hall–Kier alpha value is -1.36. The normalized spacial score (nSPS) is 11.4. The summed E-state index contributed by atoms with van der Waals surface area (Å²) < 4.78 is 4.27. The summed E-state index contributed by atoms with van der Waals surface area (Å²) in [5, 5.41) is 11.5. The van der Waals surface area contributed by atoms with Crippen molar-refractivity contribution in [1.29, 1.82) is 0 Å². The lowest BCUT2D eigenvalue weighted by molar-refractivity contribution is -0.150. The van der Waals surface area contributed by atoms with Gasteiger partial charge in [0.05, 0.1) is 13.7 Å². The van der Waals surface area contributed by atoms with Crippen LogP contribution >= 0.6 is 0 Å². The van der Waals surface area contributed by atoms with Crippen molar-refractivity contribution < 1.29 is 19.4 Å². The van der Waals surface area contributed by atoms with Gasteiger partial charge in [0.25, 0.3) is 0 Å². The summed E-state index contributed by atoms with van der Waals surface area (Å²) in [4.78, 5) is 21.7. The molecule has 0 aromatic rings. The van der Waals surface area contributed by atoms with Gasteiger partial charge in [-0.25, -0.2) is 4.79 Å². The number of carbonyl (C=O) groups excluding carboxylic acids is 2. The first-order chi connectivity index (χ1) is 6.47. The zero-order valence-electron chi connectivity index (χ0n) is 8.53. The van der Waals surface area contributed by atoms with Crippen molar-refractivity contribution in [3.63, 3.8) is 0 Å². The topological polar surface area (TPSA) is 75.6 Å². The largest absolute Gasteiger partial charge is 0.467 e. The highest BCUT2D eigenvalue weighted by Crippen LogP contribution is 1.89. The highest BCUT2D eigenvalue weighted by atomic mass is 16.5. The van der Waals surface area contributed by atoms with Crippen LogP contribution in [-0.4, -0.2) is 36.7 Å². The lowest BCUT2D eigenvalue weighted by Crippen LogP contribution is -2.36. The third-order valence-electron chi connectivity index (χ3n) is 1.36. The van der Waals surface area contributed by atoms with E-state index in [1.54, 1.807) is 13.8 Å². The molecule has 0 aliphatic rings. The predicted octanol–water partition coefficient (Wildman–Crippen LogP) is -0.397. The molecule has 0 rings (SSSR count).